The lowest BCUT2D eigenvalue weighted by Crippen LogP contribution is -2.47. The number of amides is 4. The summed E-state index contributed by atoms with van der Waals surface area (Å²) in [5.41, 5.74) is 0.150. The van der Waals surface area contributed by atoms with E-state index in [9.17, 15) is 14.4 Å². The van der Waals surface area contributed by atoms with E-state index in [4.69, 9.17) is 0 Å². The van der Waals surface area contributed by atoms with Crippen LogP contribution in [0.5, 0.6) is 0 Å². The van der Waals surface area contributed by atoms with Crippen molar-refractivity contribution in [2.24, 2.45) is 0 Å². The number of carbonyl (C=O) groups excluding carboxylic acids is 3. The van der Waals surface area contributed by atoms with Crippen LogP contribution in [0.4, 0.5) is 4.79 Å². The summed E-state index contributed by atoms with van der Waals surface area (Å²) in [4.78, 5) is 40.6. The van der Waals surface area contributed by atoms with E-state index in [2.05, 4.69) is 5.32 Å². The first-order chi connectivity index (χ1) is 12.4. The van der Waals surface area contributed by atoms with Crippen molar-refractivity contribution in [1.29, 1.82) is 0 Å². The standard InChI is InChI=1S/C20H29N3O3/c1-5-12-20(13-6-2)18(25)23(19(26)21-20)14-17(24)22(4)15(3)16-10-8-7-9-11-16/h7-11,15H,5-6,12-14H2,1-4H3,(H,21,26)/t15-/m1/s1. The van der Waals surface area contributed by atoms with Gasteiger partial charge in [0.15, 0.2) is 0 Å². The summed E-state index contributed by atoms with van der Waals surface area (Å²) in [6.07, 6.45) is 2.76. The summed E-state index contributed by atoms with van der Waals surface area (Å²) >= 11 is 0. The molecule has 1 N–H and O–H groups in total. The molecule has 0 bridgehead atoms. The van der Waals surface area contributed by atoms with E-state index < -0.39 is 11.6 Å². The number of imide groups is 1. The minimum Gasteiger partial charge on any atom is -0.337 e. The summed E-state index contributed by atoms with van der Waals surface area (Å²) in [7, 11) is 1.70. The van der Waals surface area contributed by atoms with Gasteiger partial charge in [-0.3, -0.25) is 14.5 Å². The van der Waals surface area contributed by atoms with Gasteiger partial charge in [-0.25, -0.2) is 4.79 Å². The van der Waals surface area contributed by atoms with Crippen LogP contribution >= 0.6 is 0 Å². The zero-order valence-electron chi connectivity index (χ0n) is 16.1. The van der Waals surface area contributed by atoms with Crippen LogP contribution in [0.3, 0.4) is 0 Å². The number of nitrogens with one attached hydrogen (secondary N) is 1. The van der Waals surface area contributed by atoms with E-state index in [-0.39, 0.29) is 24.4 Å². The maximum absolute atomic E-state index is 12.9. The molecule has 1 saturated heterocycles. The molecule has 0 saturated carbocycles. The Morgan fingerprint density at radius 3 is 2.27 bits per heavy atom. The van der Waals surface area contributed by atoms with Gasteiger partial charge in [-0.2, -0.15) is 0 Å². The smallest absolute Gasteiger partial charge is 0.325 e. The predicted octanol–water partition coefficient (Wildman–Crippen LogP) is 3.10. The third-order valence-electron chi connectivity index (χ3n) is 5.15. The molecule has 1 aliphatic rings. The normalized spacial score (nSPS) is 17.2. The molecule has 142 valence electrons. The fraction of sp³-hybridized carbons (Fsp3) is 0.550. The number of rotatable bonds is 8. The third kappa shape index (κ3) is 3.89. The van der Waals surface area contributed by atoms with Crippen LogP contribution in [-0.2, 0) is 9.59 Å². The number of nitrogens with zero attached hydrogens (tertiary/aromatic N) is 2. The lowest BCUT2D eigenvalue weighted by Gasteiger charge is -2.28. The summed E-state index contributed by atoms with van der Waals surface area (Å²) in [6.45, 7) is 5.67. The van der Waals surface area contributed by atoms with Gasteiger partial charge in [-0.1, -0.05) is 57.0 Å². The first-order valence-corrected chi connectivity index (χ1v) is 9.31. The molecule has 1 aliphatic heterocycles. The molecule has 6 heteroatoms. The molecule has 0 aliphatic carbocycles. The monoisotopic (exact) mass is 359 g/mol. The van der Waals surface area contributed by atoms with Gasteiger partial charge >= 0.3 is 6.03 Å². The fourth-order valence-corrected chi connectivity index (χ4v) is 3.56. The minimum absolute atomic E-state index is 0.138. The van der Waals surface area contributed by atoms with Gasteiger partial charge < -0.3 is 10.2 Å². The van der Waals surface area contributed by atoms with Gasteiger partial charge in [0.1, 0.15) is 12.1 Å². The predicted molar refractivity (Wildman–Crippen MR) is 100 cm³/mol. The van der Waals surface area contributed by atoms with Crippen LogP contribution in [0.25, 0.3) is 0 Å². The maximum atomic E-state index is 12.9. The number of hydrogen-bond donors (Lipinski definition) is 1. The quantitative estimate of drug-likeness (QED) is 0.725. The first kappa shape index (κ1) is 19.9. The average Bonchev–Trinajstić information content (AvgIpc) is 2.86. The molecule has 0 radical (unpaired) electrons. The summed E-state index contributed by atoms with van der Waals surface area (Å²) in [6, 6.07) is 9.07. The highest BCUT2D eigenvalue weighted by atomic mass is 16.2. The molecule has 0 unspecified atom stereocenters. The van der Waals surface area contributed by atoms with Gasteiger partial charge in [0.2, 0.25) is 5.91 Å². The van der Waals surface area contributed by atoms with Gasteiger partial charge in [-0.15, -0.1) is 0 Å². The second kappa shape index (κ2) is 8.34. The van der Waals surface area contributed by atoms with Crippen molar-refractivity contribution in [2.75, 3.05) is 13.6 Å². The van der Waals surface area contributed by atoms with E-state index in [1.165, 1.54) is 0 Å². The highest BCUT2D eigenvalue weighted by Gasteiger charge is 2.50. The molecular weight excluding hydrogens is 330 g/mol. The molecule has 1 fully saturated rings. The van der Waals surface area contributed by atoms with Crippen molar-refractivity contribution in [3.63, 3.8) is 0 Å². The van der Waals surface area contributed by atoms with Crippen molar-refractivity contribution >= 4 is 17.8 Å². The molecule has 6 nitrogen and oxygen atoms in total. The largest absolute Gasteiger partial charge is 0.337 e. The van der Waals surface area contributed by atoms with E-state index in [0.29, 0.717) is 12.8 Å². The van der Waals surface area contributed by atoms with Crippen LogP contribution in [0.2, 0.25) is 0 Å². The molecule has 0 spiro atoms. The van der Waals surface area contributed by atoms with Crippen molar-refractivity contribution < 1.29 is 14.4 Å². The molecule has 26 heavy (non-hydrogen) atoms. The van der Waals surface area contributed by atoms with Gasteiger partial charge in [0.05, 0.1) is 6.04 Å². The van der Waals surface area contributed by atoms with Gasteiger partial charge in [0, 0.05) is 7.05 Å². The summed E-state index contributed by atoms with van der Waals surface area (Å²) in [5.74, 6) is -0.533. The van der Waals surface area contributed by atoms with Crippen LogP contribution in [0.15, 0.2) is 30.3 Å². The molecule has 1 aromatic rings. The van der Waals surface area contributed by atoms with Crippen LogP contribution in [0.1, 0.15) is 58.1 Å². The Morgan fingerprint density at radius 2 is 1.73 bits per heavy atom. The maximum Gasteiger partial charge on any atom is 0.325 e. The molecule has 1 aromatic carbocycles. The lowest BCUT2D eigenvalue weighted by molar-refractivity contribution is -0.139. The summed E-state index contributed by atoms with van der Waals surface area (Å²) in [5, 5.41) is 2.84. The Labute approximate surface area is 155 Å². The molecular formula is C20H29N3O3. The summed E-state index contributed by atoms with van der Waals surface area (Å²) < 4.78 is 0. The van der Waals surface area contributed by atoms with Gasteiger partial charge in [-0.05, 0) is 25.3 Å². The third-order valence-corrected chi connectivity index (χ3v) is 5.15. The molecule has 1 heterocycles. The Bertz CT molecular complexity index is 654. The zero-order chi connectivity index (χ0) is 19.3. The van der Waals surface area contributed by atoms with E-state index in [0.717, 1.165) is 23.3 Å². The SMILES string of the molecule is CCCC1(CCC)NC(=O)N(CC(=O)N(C)[C@H](C)c2ccccc2)C1=O. The second-order valence-electron chi connectivity index (χ2n) is 6.99. The average molecular weight is 359 g/mol. The fourth-order valence-electron chi connectivity index (χ4n) is 3.56. The van der Waals surface area contributed by atoms with Crippen molar-refractivity contribution in [3.05, 3.63) is 35.9 Å². The highest BCUT2D eigenvalue weighted by molar-refractivity contribution is 6.09. The highest BCUT2D eigenvalue weighted by Crippen LogP contribution is 2.28. The number of likely N-dealkylation sites (N-methyl/N-ethyl adjacent to an activating group) is 1. The Balaban J connectivity index is 2.10. The number of hydrogen-bond acceptors (Lipinski definition) is 3. The Kier molecular flexibility index (Phi) is 6.40. The van der Waals surface area contributed by atoms with Crippen LogP contribution < -0.4 is 5.32 Å². The van der Waals surface area contributed by atoms with Gasteiger partial charge in [0.25, 0.3) is 5.91 Å². The van der Waals surface area contributed by atoms with Crippen LogP contribution in [-0.4, -0.2) is 46.8 Å². The zero-order valence-corrected chi connectivity index (χ0v) is 16.1. The molecule has 1 atom stereocenters. The number of benzene rings is 1. The molecule has 0 aromatic heterocycles. The Morgan fingerprint density at radius 1 is 1.15 bits per heavy atom. The first-order valence-electron chi connectivity index (χ1n) is 9.31. The topological polar surface area (TPSA) is 69.7 Å². The minimum atomic E-state index is -0.857. The number of urea groups is 1. The lowest BCUT2D eigenvalue weighted by atomic mass is 9.88. The number of carbonyl (C=O) groups is 3. The van der Waals surface area contributed by atoms with E-state index >= 15 is 0 Å². The Hall–Kier alpha value is -2.37. The van der Waals surface area contributed by atoms with Crippen molar-refractivity contribution in [2.45, 2.75) is 58.0 Å². The van der Waals surface area contributed by atoms with Crippen molar-refractivity contribution in [1.82, 2.24) is 15.1 Å². The van der Waals surface area contributed by atoms with E-state index in [1.54, 1.807) is 11.9 Å². The van der Waals surface area contributed by atoms with Crippen LogP contribution in [0, 0.1) is 0 Å². The van der Waals surface area contributed by atoms with Crippen molar-refractivity contribution in [3.8, 4) is 0 Å². The van der Waals surface area contributed by atoms with E-state index in [1.807, 2.05) is 51.1 Å². The second-order valence-corrected chi connectivity index (χ2v) is 6.99. The molecule has 2 rings (SSSR count). The molecule has 4 amide bonds.